The Hall–Kier alpha value is -0.380. The van der Waals surface area contributed by atoms with E-state index in [9.17, 15) is 0 Å². The number of aryl methyl sites for hydroxylation is 1. The molecule has 0 saturated heterocycles. The lowest BCUT2D eigenvalue weighted by Crippen LogP contribution is -2.23. The van der Waals surface area contributed by atoms with E-state index in [1.54, 1.807) is 0 Å². The standard InChI is InChI=1S/C13H24N2S/c1-10(2)7-13-6-5-12(16-13)4-3-11(8-14)9-15/h5-6,10-11H,3-4,7-9,14-15H2,1-2H3. The average molecular weight is 240 g/mol. The molecule has 16 heavy (non-hydrogen) atoms. The van der Waals surface area contributed by atoms with E-state index in [0.717, 1.165) is 18.8 Å². The molecular formula is C13H24N2S. The van der Waals surface area contributed by atoms with Gasteiger partial charge >= 0.3 is 0 Å². The van der Waals surface area contributed by atoms with Gasteiger partial charge in [-0.1, -0.05) is 13.8 Å². The molecular weight excluding hydrogens is 216 g/mol. The Morgan fingerprint density at radius 3 is 2.31 bits per heavy atom. The smallest absolute Gasteiger partial charge is 0.00507 e. The maximum absolute atomic E-state index is 5.64. The van der Waals surface area contributed by atoms with Crippen LogP contribution >= 0.6 is 11.3 Å². The molecule has 0 atom stereocenters. The molecule has 0 fully saturated rings. The van der Waals surface area contributed by atoms with Crippen molar-refractivity contribution in [3.8, 4) is 0 Å². The lowest BCUT2D eigenvalue weighted by molar-refractivity contribution is 0.509. The zero-order valence-electron chi connectivity index (χ0n) is 10.4. The molecule has 3 heteroatoms. The summed E-state index contributed by atoms with van der Waals surface area (Å²) in [5.74, 6) is 1.22. The predicted molar refractivity (Wildman–Crippen MR) is 72.8 cm³/mol. The van der Waals surface area contributed by atoms with Gasteiger partial charge in [0.25, 0.3) is 0 Å². The summed E-state index contributed by atoms with van der Waals surface area (Å²) in [6.07, 6.45) is 3.44. The van der Waals surface area contributed by atoms with Crippen molar-refractivity contribution in [2.75, 3.05) is 13.1 Å². The van der Waals surface area contributed by atoms with Crippen molar-refractivity contribution in [2.45, 2.75) is 33.1 Å². The van der Waals surface area contributed by atoms with Crippen LogP contribution in [0.4, 0.5) is 0 Å². The summed E-state index contributed by atoms with van der Waals surface area (Å²) in [4.78, 5) is 2.98. The summed E-state index contributed by atoms with van der Waals surface area (Å²) in [6, 6.07) is 4.52. The quantitative estimate of drug-likeness (QED) is 0.769. The highest BCUT2D eigenvalue weighted by Crippen LogP contribution is 2.21. The molecule has 0 radical (unpaired) electrons. The molecule has 0 amide bonds. The fourth-order valence-corrected chi connectivity index (χ4v) is 2.99. The van der Waals surface area contributed by atoms with Crippen molar-refractivity contribution < 1.29 is 0 Å². The molecule has 0 aliphatic rings. The molecule has 0 saturated carbocycles. The third-order valence-electron chi connectivity index (χ3n) is 2.79. The third-order valence-corrected chi connectivity index (χ3v) is 3.96. The third kappa shape index (κ3) is 4.64. The van der Waals surface area contributed by atoms with Crippen LogP contribution in [-0.2, 0) is 12.8 Å². The highest BCUT2D eigenvalue weighted by atomic mass is 32.1. The first-order valence-corrected chi connectivity index (χ1v) is 6.95. The molecule has 1 rings (SSSR count). The van der Waals surface area contributed by atoms with E-state index in [4.69, 9.17) is 11.5 Å². The summed E-state index contributed by atoms with van der Waals surface area (Å²) in [7, 11) is 0. The van der Waals surface area contributed by atoms with Crippen LogP contribution in [0.3, 0.4) is 0 Å². The van der Waals surface area contributed by atoms with Gasteiger partial charge in [-0.25, -0.2) is 0 Å². The summed E-state index contributed by atoms with van der Waals surface area (Å²) < 4.78 is 0. The minimum absolute atomic E-state index is 0.482. The van der Waals surface area contributed by atoms with E-state index in [2.05, 4.69) is 26.0 Å². The van der Waals surface area contributed by atoms with E-state index in [1.165, 1.54) is 16.2 Å². The average Bonchev–Trinajstić information content (AvgIpc) is 2.66. The van der Waals surface area contributed by atoms with Crippen LogP contribution < -0.4 is 11.5 Å². The van der Waals surface area contributed by atoms with Crippen molar-refractivity contribution in [3.63, 3.8) is 0 Å². The zero-order chi connectivity index (χ0) is 12.0. The van der Waals surface area contributed by atoms with Crippen LogP contribution in [0.2, 0.25) is 0 Å². The molecule has 1 aromatic rings. The lowest BCUT2D eigenvalue weighted by Gasteiger charge is -2.10. The number of hydrogen-bond acceptors (Lipinski definition) is 3. The van der Waals surface area contributed by atoms with Crippen LogP contribution in [-0.4, -0.2) is 13.1 Å². The van der Waals surface area contributed by atoms with Gasteiger partial charge in [-0.15, -0.1) is 11.3 Å². The molecule has 0 bridgehead atoms. The molecule has 0 spiro atoms. The van der Waals surface area contributed by atoms with E-state index < -0.39 is 0 Å². The Labute approximate surface area is 103 Å². The molecule has 92 valence electrons. The zero-order valence-corrected chi connectivity index (χ0v) is 11.2. The second-order valence-corrected chi connectivity index (χ2v) is 6.09. The van der Waals surface area contributed by atoms with Gasteiger partial charge in [0, 0.05) is 9.75 Å². The van der Waals surface area contributed by atoms with Gasteiger partial charge in [0.2, 0.25) is 0 Å². The molecule has 1 aromatic heterocycles. The SMILES string of the molecule is CC(C)Cc1ccc(CCC(CN)CN)s1. The first-order chi connectivity index (χ1) is 7.65. The Bertz CT molecular complexity index is 290. The molecule has 0 aromatic carbocycles. The Morgan fingerprint density at radius 2 is 1.75 bits per heavy atom. The van der Waals surface area contributed by atoms with E-state index in [0.29, 0.717) is 19.0 Å². The van der Waals surface area contributed by atoms with Crippen LogP contribution in [0.5, 0.6) is 0 Å². The monoisotopic (exact) mass is 240 g/mol. The van der Waals surface area contributed by atoms with Crippen molar-refractivity contribution in [1.82, 2.24) is 0 Å². The predicted octanol–water partition coefficient (Wildman–Crippen LogP) is 2.41. The number of thiophene rings is 1. The van der Waals surface area contributed by atoms with Crippen molar-refractivity contribution in [2.24, 2.45) is 23.3 Å². The van der Waals surface area contributed by atoms with E-state index in [-0.39, 0.29) is 0 Å². The highest BCUT2D eigenvalue weighted by molar-refractivity contribution is 7.11. The van der Waals surface area contributed by atoms with Crippen LogP contribution in [0.1, 0.15) is 30.0 Å². The minimum Gasteiger partial charge on any atom is -0.330 e. The van der Waals surface area contributed by atoms with Crippen LogP contribution in [0.25, 0.3) is 0 Å². The molecule has 0 aliphatic heterocycles. The van der Waals surface area contributed by atoms with Gasteiger partial charge in [0.15, 0.2) is 0 Å². The van der Waals surface area contributed by atoms with Gasteiger partial charge in [0.1, 0.15) is 0 Å². The van der Waals surface area contributed by atoms with Crippen molar-refractivity contribution in [3.05, 3.63) is 21.9 Å². The first-order valence-electron chi connectivity index (χ1n) is 6.13. The van der Waals surface area contributed by atoms with Gasteiger partial charge in [-0.05, 0) is 56.3 Å². The lowest BCUT2D eigenvalue weighted by atomic mass is 10.0. The largest absolute Gasteiger partial charge is 0.330 e. The molecule has 2 nitrogen and oxygen atoms in total. The Kier molecular flexibility index (Phi) is 6.03. The summed E-state index contributed by atoms with van der Waals surface area (Å²) in [5, 5.41) is 0. The molecule has 1 heterocycles. The maximum Gasteiger partial charge on any atom is 0.00507 e. The normalized spacial score (nSPS) is 11.6. The fraction of sp³-hybridized carbons (Fsp3) is 0.692. The van der Waals surface area contributed by atoms with Gasteiger partial charge in [0.05, 0.1) is 0 Å². The van der Waals surface area contributed by atoms with E-state index in [1.807, 2.05) is 11.3 Å². The summed E-state index contributed by atoms with van der Waals surface area (Å²) in [5.41, 5.74) is 11.3. The van der Waals surface area contributed by atoms with E-state index >= 15 is 0 Å². The topological polar surface area (TPSA) is 52.0 Å². The number of hydrogen-bond donors (Lipinski definition) is 2. The Balaban J connectivity index is 2.39. The molecule has 0 unspecified atom stereocenters. The Morgan fingerprint density at radius 1 is 1.12 bits per heavy atom. The van der Waals surface area contributed by atoms with Gasteiger partial charge in [-0.2, -0.15) is 0 Å². The number of rotatable bonds is 7. The summed E-state index contributed by atoms with van der Waals surface area (Å²) in [6.45, 7) is 5.94. The molecule has 4 N–H and O–H groups in total. The minimum atomic E-state index is 0.482. The van der Waals surface area contributed by atoms with Crippen LogP contribution in [0.15, 0.2) is 12.1 Å². The number of nitrogens with two attached hydrogens (primary N) is 2. The van der Waals surface area contributed by atoms with Gasteiger partial charge < -0.3 is 11.5 Å². The van der Waals surface area contributed by atoms with Crippen LogP contribution in [0, 0.1) is 11.8 Å². The maximum atomic E-state index is 5.64. The second kappa shape index (κ2) is 7.05. The summed E-state index contributed by atoms with van der Waals surface area (Å²) >= 11 is 1.94. The first kappa shape index (κ1) is 13.7. The van der Waals surface area contributed by atoms with Crippen molar-refractivity contribution in [1.29, 1.82) is 0 Å². The second-order valence-electron chi connectivity index (χ2n) is 4.84. The fourth-order valence-electron chi connectivity index (χ4n) is 1.75. The van der Waals surface area contributed by atoms with Gasteiger partial charge in [-0.3, -0.25) is 0 Å². The molecule has 0 aliphatic carbocycles. The highest BCUT2D eigenvalue weighted by Gasteiger charge is 2.07. The van der Waals surface area contributed by atoms with Crippen molar-refractivity contribution >= 4 is 11.3 Å².